The van der Waals surface area contributed by atoms with Gasteiger partial charge in [-0.2, -0.15) is 5.10 Å². The van der Waals surface area contributed by atoms with E-state index in [1.54, 1.807) is 0 Å². The van der Waals surface area contributed by atoms with Crippen molar-refractivity contribution in [2.75, 3.05) is 24.5 Å². The number of hydrogen-bond acceptors (Lipinski definition) is 5. The Morgan fingerprint density at radius 2 is 2.03 bits per heavy atom. The Bertz CT molecular complexity index is 992. The van der Waals surface area contributed by atoms with Crippen molar-refractivity contribution in [3.63, 3.8) is 0 Å². The van der Waals surface area contributed by atoms with Crippen LogP contribution < -0.4 is 10.6 Å². The van der Waals surface area contributed by atoms with Gasteiger partial charge in [-0.15, -0.1) is 11.6 Å². The fourth-order valence-corrected chi connectivity index (χ4v) is 6.30. The van der Waals surface area contributed by atoms with Crippen LogP contribution in [0.25, 0.3) is 5.65 Å². The SMILES string of the molecule is Cc1cn2nc([C@@H]3CCCCN3C(=O)C3CCC(Cl)CC3C)cc2nc1N1CC[C@H](N)C1. The third kappa shape index (κ3) is 4.10. The van der Waals surface area contributed by atoms with E-state index in [0.717, 1.165) is 87.3 Å². The molecule has 1 aliphatic carbocycles. The van der Waals surface area contributed by atoms with Crippen molar-refractivity contribution in [3.05, 3.63) is 23.5 Å². The number of aromatic nitrogens is 3. The molecule has 0 spiro atoms. The summed E-state index contributed by atoms with van der Waals surface area (Å²) >= 11 is 6.36. The minimum atomic E-state index is 0.0304. The molecule has 0 radical (unpaired) electrons. The van der Waals surface area contributed by atoms with Crippen molar-refractivity contribution in [1.82, 2.24) is 19.5 Å². The quantitative estimate of drug-likeness (QED) is 0.710. The second-order valence-electron chi connectivity index (χ2n) is 10.2. The normalized spacial score (nSPS) is 31.4. The highest BCUT2D eigenvalue weighted by Crippen LogP contribution is 2.38. The van der Waals surface area contributed by atoms with Crippen LogP contribution in [0.5, 0.6) is 0 Å². The van der Waals surface area contributed by atoms with Gasteiger partial charge in [0.15, 0.2) is 5.65 Å². The minimum Gasteiger partial charge on any atom is -0.355 e. The fourth-order valence-electron chi connectivity index (χ4n) is 5.90. The average Bonchev–Trinajstić information content (AvgIpc) is 3.38. The number of rotatable bonds is 3. The largest absolute Gasteiger partial charge is 0.355 e. The summed E-state index contributed by atoms with van der Waals surface area (Å²) in [5.41, 5.74) is 9.02. The Balaban J connectivity index is 1.41. The second kappa shape index (κ2) is 8.82. The van der Waals surface area contributed by atoms with Crippen molar-refractivity contribution in [2.45, 2.75) is 76.3 Å². The van der Waals surface area contributed by atoms with Crippen LogP contribution in [-0.4, -0.2) is 56.5 Å². The van der Waals surface area contributed by atoms with Crippen LogP contribution in [-0.2, 0) is 4.79 Å². The van der Waals surface area contributed by atoms with E-state index in [9.17, 15) is 4.79 Å². The molecule has 3 unspecified atom stereocenters. The number of carbonyl (C=O) groups excluding carboxylic acids is 1. The van der Waals surface area contributed by atoms with Gasteiger partial charge in [0.1, 0.15) is 5.82 Å². The smallest absolute Gasteiger partial charge is 0.226 e. The highest BCUT2D eigenvalue weighted by Gasteiger charge is 2.38. The lowest BCUT2D eigenvalue weighted by atomic mass is 9.78. The number of hydrogen-bond donors (Lipinski definition) is 1. The molecule has 1 amide bonds. The summed E-state index contributed by atoms with van der Waals surface area (Å²) in [6, 6.07) is 2.32. The number of piperidine rings is 1. The van der Waals surface area contributed by atoms with Crippen LogP contribution in [0.3, 0.4) is 0 Å². The molecule has 8 heteroatoms. The lowest BCUT2D eigenvalue weighted by Gasteiger charge is -2.40. The molecule has 2 saturated heterocycles. The number of alkyl halides is 1. The van der Waals surface area contributed by atoms with E-state index in [-0.39, 0.29) is 23.4 Å². The summed E-state index contributed by atoms with van der Waals surface area (Å²) in [5, 5.41) is 5.09. The zero-order valence-electron chi connectivity index (χ0n) is 19.2. The van der Waals surface area contributed by atoms with E-state index in [0.29, 0.717) is 11.8 Å². The summed E-state index contributed by atoms with van der Waals surface area (Å²) in [6.45, 7) is 6.87. The van der Waals surface area contributed by atoms with Crippen LogP contribution in [0, 0.1) is 18.8 Å². The van der Waals surface area contributed by atoms with Crippen molar-refractivity contribution in [3.8, 4) is 0 Å². The van der Waals surface area contributed by atoms with E-state index in [1.807, 2.05) is 4.52 Å². The van der Waals surface area contributed by atoms with Gasteiger partial charge in [-0.05, 0) is 57.8 Å². The summed E-state index contributed by atoms with van der Waals surface area (Å²) in [7, 11) is 0. The molecule has 5 atom stereocenters. The Kier molecular flexibility index (Phi) is 6.05. The van der Waals surface area contributed by atoms with E-state index in [2.05, 4.69) is 35.9 Å². The fraction of sp³-hybridized carbons (Fsp3) is 0.708. The molecule has 0 aromatic carbocycles. The molecule has 3 fully saturated rings. The van der Waals surface area contributed by atoms with Crippen LogP contribution in [0.4, 0.5) is 5.82 Å². The average molecular weight is 459 g/mol. The third-order valence-electron chi connectivity index (χ3n) is 7.70. The van der Waals surface area contributed by atoms with Crippen molar-refractivity contribution in [1.29, 1.82) is 0 Å². The lowest BCUT2D eigenvalue weighted by molar-refractivity contribution is -0.142. The second-order valence-corrected chi connectivity index (χ2v) is 10.8. The van der Waals surface area contributed by atoms with E-state index in [4.69, 9.17) is 27.4 Å². The van der Waals surface area contributed by atoms with E-state index in [1.165, 1.54) is 0 Å². The van der Waals surface area contributed by atoms with Crippen LogP contribution in [0.2, 0.25) is 0 Å². The zero-order valence-corrected chi connectivity index (χ0v) is 20.0. The predicted octanol–water partition coefficient (Wildman–Crippen LogP) is 3.67. The maximum atomic E-state index is 13.6. The van der Waals surface area contributed by atoms with Gasteiger partial charge in [0.05, 0.1) is 11.7 Å². The molecule has 0 bridgehead atoms. The van der Waals surface area contributed by atoms with Crippen LogP contribution >= 0.6 is 11.6 Å². The summed E-state index contributed by atoms with van der Waals surface area (Å²) in [5.74, 6) is 1.70. The van der Waals surface area contributed by atoms with Gasteiger partial charge in [0.2, 0.25) is 5.91 Å². The zero-order chi connectivity index (χ0) is 22.4. The molecule has 2 N–H and O–H groups in total. The molecule has 32 heavy (non-hydrogen) atoms. The molecule has 5 rings (SSSR count). The number of amides is 1. The van der Waals surface area contributed by atoms with Crippen LogP contribution in [0.15, 0.2) is 12.3 Å². The summed E-state index contributed by atoms with van der Waals surface area (Å²) < 4.78 is 1.88. The molecule has 174 valence electrons. The van der Waals surface area contributed by atoms with Crippen molar-refractivity contribution < 1.29 is 4.79 Å². The number of likely N-dealkylation sites (tertiary alicyclic amines) is 1. The Morgan fingerprint density at radius 1 is 1.19 bits per heavy atom. The number of nitrogens with two attached hydrogens (primary N) is 1. The monoisotopic (exact) mass is 458 g/mol. The number of anilines is 1. The number of aryl methyl sites for hydroxylation is 1. The minimum absolute atomic E-state index is 0.0304. The number of nitrogens with zero attached hydrogens (tertiary/aromatic N) is 5. The summed E-state index contributed by atoms with van der Waals surface area (Å²) in [4.78, 5) is 22.9. The van der Waals surface area contributed by atoms with Crippen molar-refractivity contribution >= 4 is 29.0 Å². The molecular formula is C24H35ClN6O. The molecule has 2 aromatic heterocycles. The number of carbonyl (C=O) groups is 1. The third-order valence-corrected chi connectivity index (χ3v) is 8.09. The Morgan fingerprint density at radius 3 is 2.78 bits per heavy atom. The van der Waals surface area contributed by atoms with Gasteiger partial charge in [-0.25, -0.2) is 9.50 Å². The number of fused-ring (bicyclic) bond motifs is 1. The summed E-state index contributed by atoms with van der Waals surface area (Å²) in [6.07, 6.45) is 8.95. The van der Waals surface area contributed by atoms with Gasteiger partial charge >= 0.3 is 0 Å². The highest BCUT2D eigenvalue weighted by molar-refractivity contribution is 6.20. The first-order valence-corrected chi connectivity index (χ1v) is 12.7. The topological polar surface area (TPSA) is 79.8 Å². The first kappa shape index (κ1) is 22.0. The predicted molar refractivity (Wildman–Crippen MR) is 127 cm³/mol. The first-order valence-electron chi connectivity index (χ1n) is 12.2. The van der Waals surface area contributed by atoms with Gasteiger partial charge in [-0.1, -0.05) is 6.92 Å². The first-order chi connectivity index (χ1) is 15.4. The number of halogens is 1. The Labute approximate surface area is 195 Å². The molecule has 3 aliphatic rings. The highest BCUT2D eigenvalue weighted by atomic mass is 35.5. The molecule has 4 heterocycles. The van der Waals surface area contributed by atoms with Gasteiger partial charge < -0.3 is 15.5 Å². The van der Waals surface area contributed by atoms with Gasteiger partial charge in [-0.3, -0.25) is 4.79 Å². The lowest BCUT2D eigenvalue weighted by Crippen LogP contribution is -2.45. The molecular weight excluding hydrogens is 424 g/mol. The molecule has 2 aromatic rings. The van der Waals surface area contributed by atoms with Crippen LogP contribution in [0.1, 0.15) is 69.2 Å². The van der Waals surface area contributed by atoms with Gasteiger partial charge in [0, 0.05) is 54.8 Å². The van der Waals surface area contributed by atoms with Gasteiger partial charge in [0.25, 0.3) is 0 Å². The standard InChI is InChI=1S/C24H35ClN6O/c1-15-11-17(25)6-7-19(15)24(32)30-9-4-3-5-21(30)20-12-22-27-23(16(2)13-31(22)28-20)29-10-8-18(26)14-29/h12-13,15,17-19,21H,3-11,14,26H2,1-2H3/t15?,17?,18-,19?,21-/m0/s1. The van der Waals surface area contributed by atoms with E-state index >= 15 is 0 Å². The van der Waals surface area contributed by atoms with E-state index < -0.39 is 0 Å². The molecule has 2 aliphatic heterocycles. The maximum Gasteiger partial charge on any atom is 0.226 e. The molecule has 1 saturated carbocycles. The Hall–Kier alpha value is -1.86. The van der Waals surface area contributed by atoms with Crippen molar-refractivity contribution in [2.24, 2.45) is 17.6 Å². The maximum absolute atomic E-state index is 13.6. The molecule has 7 nitrogen and oxygen atoms in total.